The van der Waals surface area contributed by atoms with E-state index >= 15 is 0 Å². The van der Waals surface area contributed by atoms with Gasteiger partial charge in [0.15, 0.2) is 11.5 Å². The standard InChI is InChI=1S/C19H18N2O6S/c1-26-17-7-15(19(23)20-12-28-11-14(20)9-22)16(21(24)25)8-18(17)27-10-13-5-3-2-4-6-13/h2-9,14H,10-12H2,1H3/t14-/m1/s1. The van der Waals surface area contributed by atoms with Crippen LogP contribution in [0.3, 0.4) is 0 Å². The molecule has 0 unspecified atom stereocenters. The van der Waals surface area contributed by atoms with Crippen LogP contribution >= 0.6 is 11.8 Å². The Kier molecular flexibility index (Phi) is 6.15. The number of nitro benzene ring substituents is 1. The molecule has 9 heteroatoms. The summed E-state index contributed by atoms with van der Waals surface area (Å²) in [6, 6.07) is 11.2. The summed E-state index contributed by atoms with van der Waals surface area (Å²) < 4.78 is 11.0. The quantitative estimate of drug-likeness (QED) is 0.399. The fraction of sp³-hybridized carbons (Fsp3) is 0.263. The van der Waals surface area contributed by atoms with Crippen molar-refractivity contribution in [1.29, 1.82) is 0 Å². The second-order valence-corrected chi connectivity index (χ2v) is 7.03. The third-order valence-electron chi connectivity index (χ3n) is 4.28. The molecule has 0 radical (unpaired) electrons. The Morgan fingerprint density at radius 3 is 2.71 bits per heavy atom. The second-order valence-electron chi connectivity index (χ2n) is 6.03. The Hall–Kier alpha value is -3.07. The average Bonchev–Trinajstić information content (AvgIpc) is 3.20. The Balaban J connectivity index is 1.93. The maximum Gasteiger partial charge on any atom is 0.286 e. The first-order valence-electron chi connectivity index (χ1n) is 8.42. The van der Waals surface area contributed by atoms with Crippen LogP contribution in [0.4, 0.5) is 5.69 Å². The van der Waals surface area contributed by atoms with Crippen LogP contribution < -0.4 is 9.47 Å². The summed E-state index contributed by atoms with van der Waals surface area (Å²) in [6.45, 7) is 0.192. The third kappa shape index (κ3) is 4.09. The van der Waals surface area contributed by atoms with Gasteiger partial charge in [-0.05, 0) is 5.56 Å². The molecule has 0 aliphatic carbocycles. The van der Waals surface area contributed by atoms with Crippen LogP contribution in [0, 0.1) is 10.1 Å². The van der Waals surface area contributed by atoms with Crippen molar-refractivity contribution >= 4 is 29.6 Å². The van der Waals surface area contributed by atoms with Gasteiger partial charge in [0.25, 0.3) is 11.6 Å². The molecule has 1 heterocycles. The highest BCUT2D eigenvalue weighted by Gasteiger charge is 2.34. The summed E-state index contributed by atoms with van der Waals surface area (Å²) in [6.07, 6.45) is 0.679. The number of carbonyl (C=O) groups excluding carboxylic acids is 2. The molecule has 0 spiro atoms. The molecule has 1 aliphatic rings. The third-order valence-corrected chi connectivity index (χ3v) is 5.32. The lowest BCUT2D eigenvalue weighted by atomic mass is 10.1. The highest BCUT2D eigenvalue weighted by molar-refractivity contribution is 7.99. The van der Waals surface area contributed by atoms with Crippen molar-refractivity contribution in [2.45, 2.75) is 12.6 Å². The number of nitrogens with zero attached hydrogens (tertiary/aromatic N) is 2. The molecule has 0 bridgehead atoms. The van der Waals surface area contributed by atoms with Crippen LogP contribution in [0.2, 0.25) is 0 Å². The number of hydrogen-bond donors (Lipinski definition) is 0. The van der Waals surface area contributed by atoms with E-state index in [1.165, 1.54) is 35.9 Å². The molecule has 2 aromatic carbocycles. The molecule has 8 nitrogen and oxygen atoms in total. The zero-order valence-electron chi connectivity index (χ0n) is 15.1. The van der Waals surface area contributed by atoms with Crippen LogP contribution in [-0.2, 0) is 11.4 Å². The maximum absolute atomic E-state index is 12.9. The van der Waals surface area contributed by atoms with E-state index in [9.17, 15) is 19.7 Å². The first-order chi connectivity index (χ1) is 13.5. The van der Waals surface area contributed by atoms with Crippen molar-refractivity contribution in [2.24, 2.45) is 0 Å². The fourth-order valence-corrected chi connectivity index (χ4v) is 3.92. The van der Waals surface area contributed by atoms with Crippen molar-refractivity contribution in [3.63, 3.8) is 0 Å². The molecule has 1 atom stereocenters. The van der Waals surface area contributed by atoms with Crippen molar-refractivity contribution in [3.8, 4) is 11.5 Å². The molecule has 146 valence electrons. The van der Waals surface area contributed by atoms with Gasteiger partial charge in [-0.3, -0.25) is 14.9 Å². The number of methoxy groups -OCH3 is 1. The highest BCUT2D eigenvalue weighted by atomic mass is 32.2. The normalized spacial score (nSPS) is 15.9. The van der Waals surface area contributed by atoms with E-state index in [0.717, 1.165) is 5.56 Å². The first-order valence-corrected chi connectivity index (χ1v) is 9.57. The molecule has 28 heavy (non-hydrogen) atoms. The van der Waals surface area contributed by atoms with E-state index in [1.807, 2.05) is 30.3 Å². The molecule has 1 aliphatic heterocycles. The Morgan fingerprint density at radius 2 is 2.07 bits per heavy atom. The van der Waals surface area contributed by atoms with E-state index in [-0.39, 0.29) is 23.7 Å². The van der Waals surface area contributed by atoms with Crippen LogP contribution in [0.1, 0.15) is 15.9 Å². The minimum absolute atomic E-state index is 0.136. The molecule has 0 saturated carbocycles. The zero-order valence-corrected chi connectivity index (χ0v) is 15.9. The van der Waals surface area contributed by atoms with Gasteiger partial charge in [-0.15, -0.1) is 11.8 Å². The van der Waals surface area contributed by atoms with Crippen molar-refractivity contribution in [3.05, 3.63) is 63.7 Å². The maximum atomic E-state index is 12.9. The smallest absolute Gasteiger partial charge is 0.286 e. The number of aldehydes is 1. The summed E-state index contributed by atoms with van der Waals surface area (Å²) in [7, 11) is 1.39. The lowest BCUT2D eigenvalue weighted by Crippen LogP contribution is -2.37. The number of amides is 1. The van der Waals surface area contributed by atoms with Gasteiger partial charge in [-0.25, -0.2) is 0 Å². The summed E-state index contributed by atoms with van der Waals surface area (Å²) >= 11 is 1.42. The molecule has 1 fully saturated rings. The average molecular weight is 402 g/mol. The number of carbonyl (C=O) groups is 2. The largest absolute Gasteiger partial charge is 0.493 e. The predicted octanol–water partition coefficient (Wildman–Crippen LogP) is 2.90. The van der Waals surface area contributed by atoms with Gasteiger partial charge in [0.1, 0.15) is 18.5 Å². The lowest BCUT2D eigenvalue weighted by Gasteiger charge is -2.20. The van der Waals surface area contributed by atoms with Crippen molar-refractivity contribution < 1.29 is 24.0 Å². The Labute approximate surface area is 165 Å². The van der Waals surface area contributed by atoms with Gasteiger partial charge in [-0.2, -0.15) is 0 Å². The van der Waals surface area contributed by atoms with Gasteiger partial charge in [0.05, 0.1) is 30.0 Å². The minimum Gasteiger partial charge on any atom is -0.493 e. The Bertz CT molecular complexity index is 889. The monoisotopic (exact) mass is 402 g/mol. The van der Waals surface area contributed by atoms with E-state index < -0.39 is 22.6 Å². The van der Waals surface area contributed by atoms with Crippen molar-refractivity contribution in [1.82, 2.24) is 4.90 Å². The van der Waals surface area contributed by atoms with Gasteiger partial charge in [-0.1, -0.05) is 30.3 Å². The fourth-order valence-electron chi connectivity index (χ4n) is 2.81. The van der Waals surface area contributed by atoms with Crippen LogP contribution in [0.25, 0.3) is 0 Å². The molecule has 2 aromatic rings. The summed E-state index contributed by atoms with van der Waals surface area (Å²) in [5.74, 6) is 0.560. The van der Waals surface area contributed by atoms with Gasteiger partial charge in [0, 0.05) is 11.8 Å². The van der Waals surface area contributed by atoms with E-state index in [4.69, 9.17) is 9.47 Å². The first kappa shape index (κ1) is 19.7. The van der Waals surface area contributed by atoms with Crippen LogP contribution in [0.15, 0.2) is 42.5 Å². The summed E-state index contributed by atoms with van der Waals surface area (Å²) in [4.78, 5) is 36.3. The van der Waals surface area contributed by atoms with Crippen LogP contribution in [-0.4, -0.2) is 46.8 Å². The summed E-state index contributed by atoms with van der Waals surface area (Å²) in [5.41, 5.74) is 0.356. The van der Waals surface area contributed by atoms with Crippen molar-refractivity contribution in [2.75, 3.05) is 18.7 Å². The Morgan fingerprint density at radius 1 is 1.32 bits per heavy atom. The predicted molar refractivity (Wildman–Crippen MR) is 104 cm³/mol. The van der Waals surface area contributed by atoms with E-state index in [2.05, 4.69) is 0 Å². The number of ether oxygens (including phenoxy) is 2. The molecule has 0 aromatic heterocycles. The number of thioether (sulfide) groups is 1. The molecule has 1 saturated heterocycles. The topological polar surface area (TPSA) is 99.0 Å². The number of nitro groups is 1. The minimum atomic E-state index is -0.638. The molecule has 1 amide bonds. The van der Waals surface area contributed by atoms with E-state index in [1.54, 1.807) is 0 Å². The second kappa shape index (κ2) is 8.75. The molecule has 0 N–H and O–H groups in total. The molecule has 3 rings (SSSR count). The molecular weight excluding hydrogens is 384 g/mol. The number of rotatable bonds is 7. The van der Waals surface area contributed by atoms with E-state index in [0.29, 0.717) is 17.9 Å². The lowest BCUT2D eigenvalue weighted by molar-refractivity contribution is -0.385. The molecular formula is C19H18N2O6S. The summed E-state index contributed by atoms with van der Waals surface area (Å²) in [5, 5.41) is 11.6. The van der Waals surface area contributed by atoms with Gasteiger partial charge in [0.2, 0.25) is 0 Å². The zero-order chi connectivity index (χ0) is 20.1. The SMILES string of the molecule is COc1cc(C(=O)N2CSC[C@H]2C=O)c([N+](=O)[O-])cc1OCc1ccccc1. The van der Waals surface area contributed by atoms with Gasteiger partial charge >= 0.3 is 0 Å². The number of benzene rings is 2. The highest BCUT2D eigenvalue weighted by Crippen LogP contribution is 2.36. The number of hydrogen-bond acceptors (Lipinski definition) is 7. The van der Waals surface area contributed by atoms with Crippen LogP contribution in [0.5, 0.6) is 11.5 Å². The van der Waals surface area contributed by atoms with Gasteiger partial charge < -0.3 is 19.2 Å².